The molecule has 0 saturated heterocycles. The molecule has 2 aromatic rings. The van der Waals surface area contributed by atoms with Crippen LogP contribution in [0, 0.1) is 5.41 Å². The van der Waals surface area contributed by atoms with E-state index in [-0.39, 0.29) is 5.84 Å². The van der Waals surface area contributed by atoms with E-state index >= 15 is 0 Å². The summed E-state index contributed by atoms with van der Waals surface area (Å²) in [6.45, 7) is 0. The minimum atomic E-state index is -0.00620. The van der Waals surface area contributed by atoms with Crippen molar-refractivity contribution in [2.45, 2.75) is 9.79 Å². The minimum Gasteiger partial charge on any atom is -0.497 e. The third kappa shape index (κ3) is 3.39. The molecule has 0 aliphatic heterocycles. The van der Waals surface area contributed by atoms with Gasteiger partial charge in [0.05, 0.1) is 12.1 Å². The van der Waals surface area contributed by atoms with E-state index in [0.29, 0.717) is 21.4 Å². The van der Waals surface area contributed by atoms with Crippen molar-refractivity contribution in [3.05, 3.63) is 52.0 Å². The number of rotatable bonds is 4. The maximum absolute atomic E-state index is 7.63. The van der Waals surface area contributed by atoms with Crippen LogP contribution >= 0.6 is 35.0 Å². The Labute approximate surface area is 131 Å². The van der Waals surface area contributed by atoms with E-state index in [2.05, 4.69) is 0 Å². The number of methoxy groups -OCH3 is 1. The Kier molecular flexibility index (Phi) is 4.81. The minimum absolute atomic E-state index is 0.00620. The third-order valence-corrected chi connectivity index (χ3v) is 4.38. The summed E-state index contributed by atoms with van der Waals surface area (Å²) in [5.74, 6) is 0.684. The molecule has 0 aliphatic rings. The second-order valence-electron chi connectivity index (χ2n) is 3.95. The van der Waals surface area contributed by atoms with Crippen molar-refractivity contribution >= 4 is 40.8 Å². The molecular formula is C14H12Cl2N2OS. The van der Waals surface area contributed by atoms with E-state index in [9.17, 15) is 0 Å². The Morgan fingerprint density at radius 3 is 2.55 bits per heavy atom. The van der Waals surface area contributed by atoms with Crippen LogP contribution in [0.1, 0.15) is 5.56 Å². The van der Waals surface area contributed by atoms with Crippen molar-refractivity contribution < 1.29 is 4.74 Å². The largest absolute Gasteiger partial charge is 0.497 e. The molecule has 0 heterocycles. The van der Waals surface area contributed by atoms with Gasteiger partial charge in [-0.15, -0.1) is 0 Å². The van der Waals surface area contributed by atoms with E-state index in [1.807, 2.05) is 6.07 Å². The molecule has 0 aliphatic carbocycles. The molecule has 0 bridgehead atoms. The van der Waals surface area contributed by atoms with Gasteiger partial charge in [-0.2, -0.15) is 0 Å². The number of halogens is 2. The molecule has 0 amide bonds. The smallest absolute Gasteiger partial charge is 0.123 e. The number of nitrogen functional groups attached to an aromatic ring is 1. The van der Waals surface area contributed by atoms with Crippen molar-refractivity contribution in [1.82, 2.24) is 0 Å². The molecule has 20 heavy (non-hydrogen) atoms. The molecule has 0 atom stereocenters. The molecule has 0 spiro atoms. The van der Waals surface area contributed by atoms with Crippen LogP contribution in [0.3, 0.4) is 0 Å². The van der Waals surface area contributed by atoms with Crippen LogP contribution in [0.5, 0.6) is 5.75 Å². The van der Waals surface area contributed by atoms with Crippen molar-refractivity contribution in [3.8, 4) is 5.75 Å². The molecule has 6 heteroatoms. The van der Waals surface area contributed by atoms with E-state index in [0.717, 1.165) is 9.79 Å². The van der Waals surface area contributed by atoms with Crippen molar-refractivity contribution in [1.29, 1.82) is 5.41 Å². The van der Waals surface area contributed by atoms with Crippen LogP contribution in [-0.4, -0.2) is 12.9 Å². The number of hydrogen-bond donors (Lipinski definition) is 2. The fourth-order valence-electron chi connectivity index (χ4n) is 1.61. The zero-order valence-electron chi connectivity index (χ0n) is 10.6. The zero-order chi connectivity index (χ0) is 14.7. The molecule has 0 saturated carbocycles. The lowest BCUT2D eigenvalue weighted by Crippen LogP contribution is -2.12. The van der Waals surface area contributed by atoms with Gasteiger partial charge in [-0.05, 0) is 36.4 Å². The monoisotopic (exact) mass is 326 g/mol. The standard InChI is InChI=1S/C14H12Cl2N2OS/c1-19-9-3-4-10(14(17)18)12(7-9)20-13-6-8(15)2-5-11(13)16/h2-7H,1H3,(H3,17,18). The fourth-order valence-corrected chi connectivity index (χ4v) is 3.13. The van der Waals surface area contributed by atoms with Crippen molar-refractivity contribution in [2.75, 3.05) is 7.11 Å². The predicted octanol–water partition coefficient (Wildman–Crippen LogP) is 4.44. The predicted molar refractivity (Wildman–Crippen MR) is 84.6 cm³/mol. The van der Waals surface area contributed by atoms with Gasteiger partial charge in [0, 0.05) is 20.4 Å². The average molecular weight is 327 g/mol. The molecule has 0 radical (unpaired) electrons. The first kappa shape index (κ1) is 15.0. The lowest BCUT2D eigenvalue weighted by Gasteiger charge is -2.11. The SMILES string of the molecule is COc1ccc(C(=N)N)c(Sc2cc(Cl)ccc2Cl)c1. The van der Waals surface area contributed by atoms with Crippen LogP contribution in [0.2, 0.25) is 10.0 Å². The highest BCUT2D eigenvalue weighted by Crippen LogP contribution is 2.38. The normalized spacial score (nSPS) is 10.3. The molecule has 3 N–H and O–H groups in total. The van der Waals surface area contributed by atoms with E-state index in [1.165, 1.54) is 11.8 Å². The molecule has 2 rings (SSSR count). The number of ether oxygens (including phenoxy) is 1. The second-order valence-corrected chi connectivity index (χ2v) is 5.88. The van der Waals surface area contributed by atoms with Crippen molar-refractivity contribution in [2.24, 2.45) is 5.73 Å². The highest BCUT2D eigenvalue weighted by molar-refractivity contribution is 7.99. The Hall–Kier alpha value is -1.36. The molecule has 0 aromatic heterocycles. The van der Waals surface area contributed by atoms with Gasteiger partial charge in [-0.3, -0.25) is 5.41 Å². The van der Waals surface area contributed by atoms with Crippen molar-refractivity contribution in [3.63, 3.8) is 0 Å². The Morgan fingerprint density at radius 1 is 1.15 bits per heavy atom. The van der Waals surface area contributed by atoms with E-state index in [4.69, 9.17) is 39.1 Å². The van der Waals surface area contributed by atoms with Gasteiger partial charge < -0.3 is 10.5 Å². The van der Waals surface area contributed by atoms with Crippen LogP contribution in [0.4, 0.5) is 0 Å². The summed E-state index contributed by atoms with van der Waals surface area (Å²) < 4.78 is 5.20. The number of hydrogen-bond acceptors (Lipinski definition) is 3. The molecule has 2 aromatic carbocycles. The summed E-state index contributed by atoms with van der Waals surface area (Å²) in [4.78, 5) is 1.59. The van der Waals surface area contributed by atoms with Crippen LogP contribution in [0.25, 0.3) is 0 Å². The van der Waals surface area contributed by atoms with E-state index in [1.54, 1.807) is 37.4 Å². The van der Waals surface area contributed by atoms with Gasteiger partial charge in [-0.1, -0.05) is 35.0 Å². The molecule has 3 nitrogen and oxygen atoms in total. The van der Waals surface area contributed by atoms with Gasteiger partial charge >= 0.3 is 0 Å². The maximum Gasteiger partial charge on any atom is 0.123 e. The first-order valence-corrected chi connectivity index (χ1v) is 7.24. The Bertz CT molecular complexity index is 662. The summed E-state index contributed by atoms with van der Waals surface area (Å²) >= 11 is 13.5. The Morgan fingerprint density at radius 2 is 1.90 bits per heavy atom. The average Bonchev–Trinajstić information content (AvgIpc) is 2.42. The van der Waals surface area contributed by atoms with Gasteiger partial charge in [0.2, 0.25) is 0 Å². The number of nitrogens with one attached hydrogen (secondary N) is 1. The number of nitrogens with two attached hydrogens (primary N) is 1. The number of amidine groups is 1. The zero-order valence-corrected chi connectivity index (χ0v) is 12.9. The fraction of sp³-hybridized carbons (Fsp3) is 0.0714. The topological polar surface area (TPSA) is 59.1 Å². The Balaban J connectivity index is 2.45. The summed E-state index contributed by atoms with van der Waals surface area (Å²) in [6.07, 6.45) is 0. The quantitative estimate of drug-likeness (QED) is 0.645. The first-order valence-electron chi connectivity index (χ1n) is 5.66. The maximum atomic E-state index is 7.63. The first-order chi connectivity index (χ1) is 9.51. The second kappa shape index (κ2) is 6.39. The molecule has 104 valence electrons. The summed E-state index contributed by atoms with van der Waals surface area (Å²) in [5.41, 5.74) is 6.23. The highest BCUT2D eigenvalue weighted by Gasteiger charge is 2.11. The van der Waals surface area contributed by atoms with E-state index < -0.39 is 0 Å². The lowest BCUT2D eigenvalue weighted by atomic mass is 10.2. The van der Waals surface area contributed by atoms with Crippen LogP contribution in [-0.2, 0) is 0 Å². The molecule has 0 fully saturated rings. The van der Waals surface area contributed by atoms with Gasteiger partial charge in [-0.25, -0.2) is 0 Å². The summed E-state index contributed by atoms with van der Waals surface area (Å²) in [6, 6.07) is 10.6. The molecule has 0 unspecified atom stereocenters. The summed E-state index contributed by atoms with van der Waals surface area (Å²) in [5, 5.41) is 8.83. The number of benzene rings is 2. The third-order valence-electron chi connectivity index (χ3n) is 2.59. The van der Waals surface area contributed by atoms with Crippen LogP contribution in [0.15, 0.2) is 46.2 Å². The summed E-state index contributed by atoms with van der Waals surface area (Å²) in [7, 11) is 1.59. The molecular weight excluding hydrogens is 315 g/mol. The highest BCUT2D eigenvalue weighted by atomic mass is 35.5. The lowest BCUT2D eigenvalue weighted by molar-refractivity contribution is 0.413. The van der Waals surface area contributed by atoms with Gasteiger partial charge in [0.1, 0.15) is 11.6 Å². The van der Waals surface area contributed by atoms with Crippen LogP contribution < -0.4 is 10.5 Å². The van der Waals surface area contributed by atoms with Gasteiger partial charge in [0.15, 0.2) is 0 Å². The van der Waals surface area contributed by atoms with Gasteiger partial charge in [0.25, 0.3) is 0 Å².